The molecule has 0 unspecified atom stereocenters. The van der Waals surface area contributed by atoms with Gasteiger partial charge in [0.15, 0.2) is 5.65 Å². The van der Waals surface area contributed by atoms with E-state index in [2.05, 4.69) is 22.1 Å². The van der Waals surface area contributed by atoms with Crippen molar-refractivity contribution >= 4 is 23.2 Å². The first kappa shape index (κ1) is 21.6. The number of likely N-dealkylation sites (N-methyl/N-ethyl adjacent to an activating group) is 1. The minimum atomic E-state index is -0.121. The van der Waals surface area contributed by atoms with Crippen LogP contribution in [0.5, 0.6) is 0 Å². The molecule has 0 spiro atoms. The van der Waals surface area contributed by atoms with Crippen molar-refractivity contribution in [3.63, 3.8) is 0 Å². The summed E-state index contributed by atoms with van der Waals surface area (Å²) in [6.07, 6.45) is 3.54. The van der Waals surface area contributed by atoms with Crippen LogP contribution >= 0.6 is 11.6 Å². The van der Waals surface area contributed by atoms with Crippen LogP contribution in [0.3, 0.4) is 0 Å². The first-order chi connectivity index (χ1) is 16.1. The van der Waals surface area contributed by atoms with Crippen LogP contribution in [0, 0.1) is 0 Å². The molecule has 5 rings (SSSR count). The van der Waals surface area contributed by atoms with Gasteiger partial charge in [-0.25, -0.2) is 14.5 Å². The summed E-state index contributed by atoms with van der Waals surface area (Å²) < 4.78 is 1.68. The Morgan fingerprint density at radius 2 is 1.82 bits per heavy atom. The highest BCUT2D eigenvalue weighted by molar-refractivity contribution is 6.30. The molecule has 1 aliphatic rings. The SMILES string of the molecule is CN1CCN(N(Cc2ccccc2)C(=O)c2ccn3ncc(-c4cccc(Cl)c4)c3n2)CC1. The molecule has 33 heavy (non-hydrogen) atoms. The zero-order chi connectivity index (χ0) is 22.8. The van der Waals surface area contributed by atoms with Gasteiger partial charge in [-0.1, -0.05) is 54.1 Å². The number of hydrogen-bond donors (Lipinski definition) is 0. The highest BCUT2D eigenvalue weighted by Gasteiger charge is 2.27. The molecule has 1 saturated heterocycles. The van der Waals surface area contributed by atoms with Crippen molar-refractivity contribution in [3.05, 3.63) is 89.3 Å². The van der Waals surface area contributed by atoms with Gasteiger partial charge in [0.2, 0.25) is 0 Å². The molecule has 2 aromatic carbocycles. The average Bonchev–Trinajstić information content (AvgIpc) is 3.27. The number of hydrazine groups is 1. The molecular formula is C25H25ClN6O. The summed E-state index contributed by atoms with van der Waals surface area (Å²) in [5.74, 6) is -0.121. The summed E-state index contributed by atoms with van der Waals surface area (Å²) in [7, 11) is 2.10. The topological polar surface area (TPSA) is 57.0 Å². The Kier molecular flexibility index (Phi) is 6.09. The first-order valence-corrected chi connectivity index (χ1v) is 11.4. The number of fused-ring (bicyclic) bond motifs is 1. The number of carbonyl (C=O) groups excluding carboxylic acids is 1. The number of nitrogens with zero attached hydrogens (tertiary/aromatic N) is 6. The lowest BCUT2D eigenvalue weighted by atomic mass is 10.1. The normalized spacial score (nSPS) is 15.1. The van der Waals surface area contributed by atoms with Crippen molar-refractivity contribution in [2.75, 3.05) is 33.2 Å². The molecule has 1 amide bonds. The monoisotopic (exact) mass is 460 g/mol. The molecule has 0 N–H and O–H groups in total. The molecule has 0 saturated carbocycles. The van der Waals surface area contributed by atoms with Gasteiger partial charge in [-0.2, -0.15) is 5.10 Å². The van der Waals surface area contributed by atoms with Gasteiger partial charge in [0.25, 0.3) is 5.91 Å². The second-order valence-electron chi connectivity index (χ2n) is 8.25. The molecule has 1 fully saturated rings. The standard InChI is InChI=1S/C25H25ClN6O/c1-29-12-14-30(15-13-29)32(18-19-6-3-2-4-7-19)25(33)23-10-11-31-24(28-23)22(17-27-31)20-8-5-9-21(26)16-20/h2-11,16-17H,12-15,18H2,1H3. The zero-order valence-electron chi connectivity index (χ0n) is 18.4. The highest BCUT2D eigenvalue weighted by atomic mass is 35.5. The van der Waals surface area contributed by atoms with Crippen LogP contribution in [0.1, 0.15) is 16.1 Å². The van der Waals surface area contributed by atoms with Crippen LogP contribution in [0.15, 0.2) is 73.1 Å². The second-order valence-corrected chi connectivity index (χ2v) is 8.69. The predicted molar refractivity (Wildman–Crippen MR) is 129 cm³/mol. The van der Waals surface area contributed by atoms with Gasteiger partial charge in [0, 0.05) is 43.0 Å². The molecule has 1 aliphatic heterocycles. The van der Waals surface area contributed by atoms with Crippen molar-refractivity contribution in [1.29, 1.82) is 0 Å². The van der Waals surface area contributed by atoms with E-state index < -0.39 is 0 Å². The number of carbonyl (C=O) groups is 1. The van der Waals surface area contributed by atoms with Crippen LogP contribution in [0.4, 0.5) is 0 Å². The summed E-state index contributed by atoms with van der Waals surface area (Å²) in [6.45, 7) is 3.89. The average molecular weight is 461 g/mol. The molecule has 2 aromatic heterocycles. The fraction of sp³-hybridized carbons (Fsp3) is 0.240. The molecular weight excluding hydrogens is 436 g/mol. The lowest BCUT2D eigenvalue weighted by molar-refractivity contribution is -0.0392. The summed E-state index contributed by atoms with van der Waals surface area (Å²) in [5.41, 5.74) is 3.84. The number of benzene rings is 2. The van der Waals surface area contributed by atoms with Crippen molar-refractivity contribution in [2.45, 2.75) is 6.54 Å². The van der Waals surface area contributed by atoms with E-state index in [1.807, 2.05) is 59.6 Å². The number of aromatic nitrogens is 3. The fourth-order valence-corrected chi connectivity index (χ4v) is 4.26. The molecule has 0 atom stereocenters. The Bertz CT molecular complexity index is 1270. The second kappa shape index (κ2) is 9.31. The van der Waals surface area contributed by atoms with Gasteiger partial charge in [-0.15, -0.1) is 0 Å². The molecule has 8 heteroatoms. The number of rotatable bonds is 5. The lowest BCUT2D eigenvalue weighted by Gasteiger charge is -2.40. The quantitative estimate of drug-likeness (QED) is 0.452. The van der Waals surface area contributed by atoms with E-state index in [-0.39, 0.29) is 5.91 Å². The third-order valence-corrected chi connectivity index (χ3v) is 6.19. The molecule has 0 aliphatic carbocycles. The largest absolute Gasteiger partial charge is 0.304 e. The van der Waals surface area contributed by atoms with Crippen LogP contribution in [-0.4, -0.2) is 68.6 Å². The van der Waals surface area contributed by atoms with Crippen LogP contribution in [0.25, 0.3) is 16.8 Å². The molecule has 7 nitrogen and oxygen atoms in total. The third-order valence-electron chi connectivity index (χ3n) is 5.95. The van der Waals surface area contributed by atoms with E-state index in [0.717, 1.165) is 42.9 Å². The molecule has 0 bridgehead atoms. The third kappa shape index (κ3) is 4.61. The van der Waals surface area contributed by atoms with Gasteiger partial charge in [0.05, 0.1) is 12.7 Å². The van der Waals surface area contributed by atoms with Gasteiger partial charge >= 0.3 is 0 Å². The molecule has 168 valence electrons. The summed E-state index contributed by atoms with van der Waals surface area (Å²) in [6, 6.07) is 19.4. The first-order valence-electron chi connectivity index (χ1n) is 11.0. The Morgan fingerprint density at radius 1 is 1.03 bits per heavy atom. The molecule has 0 radical (unpaired) electrons. The van der Waals surface area contributed by atoms with Gasteiger partial charge < -0.3 is 4.90 Å². The number of hydrogen-bond acceptors (Lipinski definition) is 5. The Hall–Kier alpha value is -3.26. The van der Waals surface area contributed by atoms with E-state index in [0.29, 0.717) is 22.9 Å². The number of amides is 1. The Labute approximate surface area is 197 Å². The predicted octanol–water partition coefficient (Wildman–Crippen LogP) is 3.85. The smallest absolute Gasteiger partial charge is 0.287 e. The highest BCUT2D eigenvalue weighted by Crippen LogP contribution is 2.26. The molecule has 4 aromatic rings. The Balaban J connectivity index is 1.50. The lowest BCUT2D eigenvalue weighted by Crippen LogP contribution is -2.54. The van der Waals surface area contributed by atoms with E-state index in [1.165, 1.54) is 0 Å². The minimum Gasteiger partial charge on any atom is -0.304 e. The van der Waals surface area contributed by atoms with Crippen molar-refractivity contribution < 1.29 is 4.79 Å². The summed E-state index contributed by atoms with van der Waals surface area (Å²) >= 11 is 6.19. The van der Waals surface area contributed by atoms with Gasteiger partial charge in [-0.05, 0) is 36.4 Å². The minimum absolute atomic E-state index is 0.121. The maximum absolute atomic E-state index is 13.8. The summed E-state index contributed by atoms with van der Waals surface area (Å²) in [4.78, 5) is 20.8. The van der Waals surface area contributed by atoms with Gasteiger partial charge in [0.1, 0.15) is 5.69 Å². The van der Waals surface area contributed by atoms with Crippen molar-refractivity contribution in [2.24, 2.45) is 0 Å². The van der Waals surface area contributed by atoms with E-state index in [9.17, 15) is 4.79 Å². The maximum Gasteiger partial charge on any atom is 0.287 e. The van der Waals surface area contributed by atoms with E-state index in [1.54, 1.807) is 23.0 Å². The van der Waals surface area contributed by atoms with Crippen molar-refractivity contribution in [3.8, 4) is 11.1 Å². The molecule has 3 heterocycles. The van der Waals surface area contributed by atoms with Gasteiger partial charge in [-0.3, -0.25) is 9.80 Å². The van der Waals surface area contributed by atoms with Crippen LogP contribution < -0.4 is 0 Å². The number of halogens is 1. The zero-order valence-corrected chi connectivity index (χ0v) is 19.2. The maximum atomic E-state index is 13.8. The van der Waals surface area contributed by atoms with E-state index in [4.69, 9.17) is 16.6 Å². The Morgan fingerprint density at radius 3 is 2.58 bits per heavy atom. The number of piperazine rings is 1. The fourth-order valence-electron chi connectivity index (χ4n) is 4.07. The van der Waals surface area contributed by atoms with E-state index >= 15 is 0 Å². The van der Waals surface area contributed by atoms with Crippen LogP contribution in [-0.2, 0) is 6.54 Å². The summed E-state index contributed by atoms with van der Waals surface area (Å²) in [5, 5.41) is 9.01. The van der Waals surface area contributed by atoms with Crippen molar-refractivity contribution in [1.82, 2.24) is 29.5 Å². The van der Waals surface area contributed by atoms with Crippen LogP contribution in [0.2, 0.25) is 5.02 Å².